The molecule has 0 aliphatic carbocycles. The first-order valence-electron chi connectivity index (χ1n) is 5.63. The number of aliphatic carboxylic acids is 1. The van der Waals surface area contributed by atoms with E-state index in [1.54, 1.807) is 19.1 Å². The van der Waals surface area contributed by atoms with Gasteiger partial charge in [0.25, 0.3) is 0 Å². The molecule has 1 aromatic rings. The molecule has 0 spiro atoms. The Morgan fingerprint density at radius 1 is 1.28 bits per heavy atom. The number of carbonyl (C=O) groups is 2. The van der Waals surface area contributed by atoms with E-state index in [0.717, 1.165) is 5.56 Å². The summed E-state index contributed by atoms with van der Waals surface area (Å²) in [5.41, 5.74) is 0.856. The zero-order valence-corrected chi connectivity index (χ0v) is 10.1. The predicted molar refractivity (Wildman–Crippen MR) is 62.5 cm³/mol. The van der Waals surface area contributed by atoms with Gasteiger partial charge in [-0.25, -0.2) is 4.39 Å². The lowest BCUT2D eigenvalue weighted by Gasteiger charge is -2.12. The van der Waals surface area contributed by atoms with Crippen LogP contribution in [0.25, 0.3) is 0 Å². The van der Waals surface area contributed by atoms with Gasteiger partial charge in [0.2, 0.25) is 0 Å². The zero-order valence-electron chi connectivity index (χ0n) is 10.1. The van der Waals surface area contributed by atoms with E-state index >= 15 is 0 Å². The van der Waals surface area contributed by atoms with Gasteiger partial charge in [0.05, 0.1) is 12.8 Å². The number of ether oxygens (including phenoxy) is 1. The van der Waals surface area contributed by atoms with Crippen LogP contribution in [0.1, 0.15) is 25.3 Å². The fraction of sp³-hybridized carbons (Fsp3) is 0.385. The monoisotopic (exact) mass is 254 g/mol. The van der Waals surface area contributed by atoms with E-state index in [-0.39, 0.29) is 24.8 Å². The smallest absolute Gasteiger partial charge is 0.306 e. The standard InChI is InChI=1S/C13H15FO4/c1-9(18-13(17)7-6-12(15)16)8-10-2-4-11(14)5-3-10/h2-5,9H,6-8H2,1H3,(H,15,16). The molecular formula is C13H15FO4. The van der Waals surface area contributed by atoms with Crippen molar-refractivity contribution in [3.8, 4) is 0 Å². The highest BCUT2D eigenvalue weighted by Crippen LogP contribution is 2.08. The van der Waals surface area contributed by atoms with Crippen LogP contribution in [0.5, 0.6) is 0 Å². The van der Waals surface area contributed by atoms with Crippen LogP contribution in [0.4, 0.5) is 4.39 Å². The van der Waals surface area contributed by atoms with Gasteiger partial charge in [0.1, 0.15) is 11.9 Å². The summed E-state index contributed by atoms with van der Waals surface area (Å²) in [7, 11) is 0. The molecule has 4 nitrogen and oxygen atoms in total. The fourth-order valence-electron chi connectivity index (χ4n) is 1.49. The van der Waals surface area contributed by atoms with Gasteiger partial charge in [-0.05, 0) is 24.6 Å². The van der Waals surface area contributed by atoms with E-state index in [1.807, 2.05) is 0 Å². The number of rotatable bonds is 6. The van der Waals surface area contributed by atoms with Gasteiger partial charge in [0.15, 0.2) is 0 Å². The molecule has 0 heterocycles. The molecular weight excluding hydrogens is 239 g/mol. The number of hydrogen-bond acceptors (Lipinski definition) is 3. The van der Waals surface area contributed by atoms with Crippen molar-refractivity contribution < 1.29 is 23.8 Å². The van der Waals surface area contributed by atoms with E-state index in [0.29, 0.717) is 6.42 Å². The van der Waals surface area contributed by atoms with Gasteiger partial charge in [-0.2, -0.15) is 0 Å². The highest BCUT2D eigenvalue weighted by Gasteiger charge is 2.11. The van der Waals surface area contributed by atoms with Gasteiger partial charge in [-0.1, -0.05) is 12.1 Å². The van der Waals surface area contributed by atoms with Crippen molar-refractivity contribution in [1.82, 2.24) is 0 Å². The Balaban J connectivity index is 2.36. The quantitative estimate of drug-likeness (QED) is 0.790. The highest BCUT2D eigenvalue weighted by atomic mass is 19.1. The third-order valence-electron chi connectivity index (χ3n) is 2.31. The first kappa shape index (κ1) is 14.2. The molecule has 0 amide bonds. The van der Waals surface area contributed by atoms with E-state index in [9.17, 15) is 14.0 Å². The van der Waals surface area contributed by atoms with Crippen molar-refractivity contribution in [2.24, 2.45) is 0 Å². The summed E-state index contributed by atoms with van der Waals surface area (Å²) in [5.74, 6) is -1.88. The molecule has 1 rings (SSSR count). The van der Waals surface area contributed by atoms with Crippen molar-refractivity contribution in [2.45, 2.75) is 32.3 Å². The van der Waals surface area contributed by atoms with Crippen LogP contribution in [0.15, 0.2) is 24.3 Å². The molecule has 0 bridgehead atoms. The largest absolute Gasteiger partial charge is 0.481 e. The molecule has 18 heavy (non-hydrogen) atoms. The van der Waals surface area contributed by atoms with Crippen LogP contribution in [0.2, 0.25) is 0 Å². The maximum atomic E-state index is 12.7. The molecule has 0 radical (unpaired) electrons. The lowest BCUT2D eigenvalue weighted by atomic mass is 10.1. The zero-order chi connectivity index (χ0) is 13.5. The van der Waals surface area contributed by atoms with Crippen molar-refractivity contribution in [2.75, 3.05) is 0 Å². The lowest BCUT2D eigenvalue weighted by Crippen LogP contribution is -2.18. The lowest BCUT2D eigenvalue weighted by molar-refractivity contribution is -0.151. The molecule has 1 unspecified atom stereocenters. The number of carboxylic acid groups (broad SMARTS) is 1. The second-order valence-corrected chi connectivity index (χ2v) is 4.02. The van der Waals surface area contributed by atoms with Gasteiger partial charge >= 0.3 is 11.9 Å². The molecule has 1 N–H and O–H groups in total. The third-order valence-corrected chi connectivity index (χ3v) is 2.31. The van der Waals surface area contributed by atoms with Crippen LogP contribution < -0.4 is 0 Å². The van der Waals surface area contributed by atoms with E-state index < -0.39 is 11.9 Å². The Hall–Kier alpha value is -1.91. The molecule has 0 saturated heterocycles. The number of carbonyl (C=O) groups excluding carboxylic acids is 1. The SMILES string of the molecule is CC(Cc1ccc(F)cc1)OC(=O)CCC(=O)O. The van der Waals surface area contributed by atoms with Crippen LogP contribution in [-0.4, -0.2) is 23.1 Å². The summed E-state index contributed by atoms with van der Waals surface area (Å²) in [6.07, 6.45) is -0.263. The van der Waals surface area contributed by atoms with Gasteiger partial charge < -0.3 is 9.84 Å². The Morgan fingerprint density at radius 2 is 1.89 bits per heavy atom. The molecule has 1 atom stereocenters. The fourth-order valence-corrected chi connectivity index (χ4v) is 1.49. The molecule has 0 saturated carbocycles. The molecule has 98 valence electrons. The van der Waals surface area contributed by atoms with Gasteiger partial charge in [0, 0.05) is 6.42 Å². The average Bonchev–Trinajstić information content (AvgIpc) is 2.29. The third kappa shape index (κ3) is 5.43. The van der Waals surface area contributed by atoms with Crippen LogP contribution in [-0.2, 0) is 20.7 Å². The number of hydrogen-bond donors (Lipinski definition) is 1. The highest BCUT2D eigenvalue weighted by molar-refractivity contribution is 5.76. The second-order valence-electron chi connectivity index (χ2n) is 4.02. The predicted octanol–water partition coefficient (Wildman–Crippen LogP) is 2.16. The molecule has 0 aliphatic rings. The Labute approximate surface area is 104 Å². The maximum absolute atomic E-state index is 12.7. The number of halogens is 1. The first-order chi connectivity index (χ1) is 8.47. The molecule has 0 aliphatic heterocycles. The Morgan fingerprint density at radius 3 is 2.44 bits per heavy atom. The van der Waals surface area contributed by atoms with Crippen LogP contribution in [0.3, 0.4) is 0 Å². The topological polar surface area (TPSA) is 63.6 Å². The summed E-state index contributed by atoms with van der Waals surface area (Å²) in [6.45, 7) is 1.71. The van der Waals surface area contributed by atoms with Gasteiger partial charge in [-0.15, -0.1) is 0 Å². The first-order valence-corrected chi connectivity index (χ1v) is 5.63. The van der Waals surface area contributed by atoms with Crippen LogP contribution in [0, 0.1) is 5.82 Å². The number of benzene rings is 1. The van der Waals surface area contributed by atoms with Crippen molar-refractivity contribution in [3.05, 3.63) is 35.6 Å². The maximum Gasteiger partial charge on any atom is 0.306 e. The summed E-state index contributed by atoms with van der Waals surface area (Å²) in [5, 5.41) is 8.41. The van der Waals surface area contributed by atoms with E-state index in [4.69, 9.17) is 9.84 Å². The molecule has 0 fully saturated rings. The van der Waals surface area contributed by atoms with Crippen molar-refractivity contribution in [1.29, 1.82) is 0 Å². The minimum Gasteiger partial charge on any atom is -0.481 e. The normalized spacial score (nSPS) is 11.9. The molecule has 1 aromatic carbocycles. The Bertz CT molecular complexity index is 414. The summed E-state index contributed by atoms with van der Waals surface area (Å²) < 4.78 is 17.7. The Kier molecular flexibility index (Phi) is 5.30. The van der Waals surface area contributed by atoms with Crippen molar-refractivity contribution >= 4 is 11.9 Å². The minimum atomic E-state index is -1.03. The number of esters is 1. The number of carboxylic acids is 1. The second kappa shape index (κ2) is 6.74. The summed E-state index contributed by atoms with van der Waals surface area (Å²) >= 11 is 0. The van der Waals surface area contributed by atoms with Crippen LogP contribution >= 0.6 is 0 Å². The van der Waals surface area contributed by atoms with E-state index in [1.165, 1.54) is 12.1 Å². The van der Waals surface area contributed by atoms with E-state index in [2.05, 4.69) is 0 Å². The molecule has 0 aromatic heterocycles. The minimum absolute atomic E-state index is 0.136. The van der Waals surface area contributed by atoms with Crippen molar-refractivity contribution in [3.63, 3.8) is 0 Å². The van der Waals surface area contributed by atoms with Gasteiger partial charge in [-0.3, -0.25) is 9.59 Å². The summed E-state index contributed by atoms with van der Waals surface area (Å²) in [6, 6.07) is 5.93. The summed E-state index contributed by atoms with van der Waals surface area (Å²) in [4.78, 5) is 21.5. The average molecular weight is 254 g/mol. The molecule has 5 heteroatoms.